The molecule has 0 aliphatic heterocycles. The molecule has 0 aliphatic rings. The van der Waals surface area contributed by atoms with Crippen molar-refractivity contribution in [2.75, 3.05) is 11.9 Å². The molecule has 10 heteroatoms. The van der Waals surface area contributed by atoms with Gasteiger partial charge in [0.05, 0.1) is 22.5 Å². The summed E-state index contributed by atoms with van der Waals surface area (Å²) < 4.78 is 49.3. The number of para-hydroxylation sites is 1. The Labute approximate surface area is 186 Å². The molecule has 1 amide bonds. The highest BCUT2D eigenvalue weighted by Crippen LogP contribution is 2.34. The number of nitrogens with zero attached hydrogens (tertiary/aromatic N) is 1. The number of aryl methyl sites for hydroxylation is 2. The summed E-state index contributed by atoms with van der Waals surface area (Å²) in [6.45, 7) is 2.89. The van der Waals surface area contributed by atoms with Crippen LogP contribution in [0.25, 0.3) is 0 Å². The third-order valence-corrected chi connectivity index (χ3v) is 5.60. The fourth-order valence-electron chi connectivity index (χ4n) is 2.85. The van der Waals surface area contributed by atoms with Crippen molar-refractivity contribution in [3.63, 3.8) is 0 Å². The molecule has 0 bridgehead atoms. The number of anilines is 1. The molecule has 1 heterocycles. The maximum absolute atomic E-state index is 13.1. The molecule has 1 N–H and O–H groups in total. The monoisotopic (exact) mass is 464 g/mol. The number of esters is 1. The van der Waals surface area contributed by atoms with E-state index in [-0.39, 0.29) is 5.56 Å². The second-order valence-electron chi connectivity index (χ2n) is 6.76. The number of hydrogen-bond acceptors (Lipinski definition) is 6. The smallest absolute Gasteiger partial charge is 0.418 e. The second-order valence-corrected chi connectivity index (χ2v) is 7.77. The van der Waals surface area contributed by atoms with Gasteiger partial charge in [-0.1, -0.05) is 29.4 Å². The van der Waals surface area contributed by atoms with E-state index in [0.717, 1.165) is 23.4 Å². The van der Waals surface area contributed by atoms with Crippen LogP contribution in [-0.2, 0) is 21.5 Å². The molecule has 6 nitrogen and oxygen atoms in total. The Morgan fingerprint density at radius 1 is 1.09 bits per heavy atom. The van der Waals surface area contributed by atoms with E-state index in [0.29, 0.717) is 16.4 Å². The van der Waals surface area contributed by atoms with Gasteiger partial charge in [-0.3, -0.25) is 4.79 Å². The van der Waals surface area contributed by atoms with Crippen LogP contribution in [0.2, 0.25) is 0 Å². The zero-order valence-corrected chi connectivity index (χ0v) is 18.0. The molecule has 2 aromatic carbocycles. The average molecular weight is 464 g/mol. The predicted octanol–water partition coefficient (Wildman–Crippen LogP) is 5.40. The normalized spacial score (nSPS) is 11.3. The van der Waals surface area contributed by atoms with Crippen molar-refractivity contribution < 1.29 is 32.0 Å². The van der Waals surface area contributed by atoms with Crippen LogP contribution >= 0.6 is 11.8 Å². The summed E-state index contributed by atoms with van der Waals surface area (Å²) in [5.74, 6) is -0.437. The third-order valence-electron chi connectivity index (χ3n) is 4.50. The van der Waals surface area contributed by atoms with Crippen molar-refractivity contribution in [1.29, 1.82) is 0 Å². The van der Waals surface area contributed by atoms with Crippen molar-refractivity contribution in [3.05, 3.63) is 76.7 Å². The summed E-state index contributed by atoms with van der Waals surface area (Å²) in [7, 11) is 0. The molecule has 0 aliphatic carbocycles. The van der Waals surface area contributed by atoms with Gasteiger partial charge in [0.2, 0.25) is 0 Å². The molecule has 3 aromatic rings. The fourth-order valence-corrected chi connectivity index (χ4v) is 4.05. The first kappa shape index (κ1) is 23.4. The van der Waals surface area contributed by atoms with Gasteiger partial charge in [-0.25, -0.2) is 4.79 Å². The van der Waals surface area contributed by atoms with E-state index in [1.54, 1.807) is 31.2 Å². The van der Waals surface area contributed by atoms with Gasteiger partial charge in [-0.05, 0) is 38.1 Å². The highest BCUT2D eigenvalue weighted by atomic mass is 32.2. The number of rotatable bonds is 7. The molecule has 0 spiro atoms. The van der Waals surface area contributed by atoms with Gasteiger partial charge in [0.15, 0.2) is 6.61 Å². The lowest BCUT2D eigenvalue weighted by Gasteiger charge is -2.14. The fraction of sp³-hybridized carbons (Fsp3) is 0.227. The van der Waals surface area contributed by atoms with Crippen molar-refractivity contribution in [3.8, 4) is 0 Å². The summed E-state index contributed by atoms with van der Waals surface area (Å²) in [4.78, 5) is 25.2. The lowest BCUT2D eigenvalue weighted by Crippen LogP contribution is -2.23. The summed E-state index contributed by atoms with van der Waals surface area (Å²) in [6, 6.07) is 11.3. The van der Waals surface area contributed by atoms with Crippen molar-refractivity contribution in [2.24, 2.45) is 0 Å². The van der Waals surface area contributed by atoms with E-state index >= 15 is 0 Å². The Hall–Kier alpha value is -3.27. The molecule has 0 radical (unpaired) electrons. The molecule has 0 saturated carbocycles. The summed E-state index contributed by atoms with van der Waals surface area (Å²) in [5, 5.41) is 6.03. The molecule has 0 fully saturated rings. The molecule has 168 valence electrons. The Balaban J connectivity index is 1.63. The van der Waals surface area contributed by atoms with E-state index in [4.69, 9.17) is 9.26 Å². The standard InChI is InChI=1S/C22H19F3N2O4S/c1-13-16(14(2)31-27-13)12-32-19-10-6-3-7-15(19)21(29)30-11-20(28)26-18-9-5-4-8-17(18)22(23,24)25/h3-10H,11-12H2,1-2H3,(H,26,28). The maximum atomic E-state index is 13.1. The van der Waals surface area contributed by atoms with E-state index in [9.17, 15) is 22.8 Å². The summed E-state index contributed by atoms with van der Waals surface area (Å²) in [5.41, 5.74) is 0.525. The minimum absolute atomic E-state index is 0.243. The lowest BCUT2D eigenvalue weighted by molar-refractivity contribution is -0.137. The molecule has 1 aromatic heterocycles. The van der Waals surface area contributed by atoms with Gasteiger partial charge in [0.1, 0.15) is 5.76 Å². The van der Waals surface area contributed by atoms with Crippen LogP contribution in [0.15, 0.2) is 57.9 Å². The Morgan fingerprint density at radius 3 is 2.47 bits per heavy atom. The molecular formula is C22H19F3N2O4S. The SMILES string of the molecule is Cc1noc(C)c1CSc1ccccc1C(=O)OCC(=O)Nc1ccccc1C(F)(F)F. The zero-order chi connectivity index (χ0) is 23.3. The van der Waals surface area contributed by atoms with Crippen LogP contribution in [0.3, 0.4) is 0 Å². The van der Waals surface area contributed by atoms with Gasteiger partial charge in [-0.15, -0.1) is 11.8 Å². The molecule has 3 rings (SSSR count). The number of alkyl halides is 3. The first-order valence-corrected chi connectivity index (χ1v) is 10.4. The second kappa shape index (κ2) is 9.90. The number of halogens is 3. The number of ether oxygens (including phenoxy) is 1. The number of nitrogens with one attached hydrogen (secondary N) is 1. The minimum atomic E-state index is -4.63. The quantitative estimate of drug-likeness (QED) is 0.373. The van der Waals surface area contributed by atoms with Crippen molar-refractivity contribution in [2.45, 2.75) is 30.7 Å². The Kier molecular flexibility index (Phi) is 7.24. The van der Waals surface area contributed by atoms with Crippen LogP contribution in [0.4, 0.5) is 18.9 Å². The highest BCUT2D eigenvalue weighted by molar-refractivity contribution is 7.98. The van der Waals surface area contributed by atoms with Crippen LogP contribution in [0, 0.1) is 13.8 Å². The number of carbonyl (C=O) groups excluding carboxylic acids is 2. The van der Waals surface area contributed by atoms with Gasteiger partial charge in [0.25, 0.3) is 5.91 Å². The molecule has 0 saturated heterocycles. The van der Waals surface area contributed by atoms with Crippen LogP contribution in [0.5, 0.6) is 0 Å². The predicted molar refractivity (Wildman–Crippen MR) is 112 cm³/mol. The molecule has 0 unspecified atom stereocenters. The average Bonchev–Trinajstić information content (AvgIpc) is 3.07. The van der Waals surface area contributed by atoms with Crippen LogP contribution in [-0.4, -0.2) is 23.6 Å². The number of aromatic nitrogens is 1. The lowest BCUT2D eigenvalue weighted by atomic mass is 10.1. The van der Waals surface area contributed by atoms with E-state index < -0.39 is 35.9 Å². The van der Waals surface area contributed by atoms with Crippen LogP contribution in [0.1, 0.15) is 32.9 Å². The largest absolute Gasteiger partial charge is 0.452 e. The van der Waals surface area contributed by atoms with Crippen LogP contribution < -0.4 is 5.32 Å². The number of carbonyl (C=O) groups is 2. The van der Waals surface area contributed by atoms with E-state index in [1.165, 1.54) is 23.9 Å². The maximum Gasteiger partial charge on any atom is 0.418 e. The minimum Gasteiger partial charge on any atom is -0.452 e. The van der Waals surface area contributed by atoms with E-state index in [1.807, 2.05) is 6.92 Å². The van der Waals surface area contributed by atoms with Gasteiger partial charge in [-0.2, -0.15) is 13.2 Å². The number of hydrogen-bond donors (Lipinski definition) is 1. The number of amides is 1. The van der Waals surface area contributed by atoms with Crippen molar-refractivity contribution in [1.82, 2.24) is 5.16 Å². The number of benzene rings is 2. The van der Waals surface area contributed by atoms with E-state index in [2.05, 4.69) is 10.5 Å². The van der Waals surface area contributed by atoms with Gasteiger partial charge in [0, 0.05) is 16.2 Å². The van der Waals surface area contributed by atoms with Gasteiger partial charge < -0.3 is 14.6 Å². The summed E-state index contributed by atoms with van der Waals surface area (Å²) >= 11 is 1.38. The van der Waals surface area contributed by atoms with Gasteiger partial charge >= 0.3 is 12.1 Å². The number of thioether (sulfide) groups is 1. The highest BCUT2D eigenvalue weighted by Gasteiger charge is 2.33. The Morgan fingerprint density at radius 2 is 1.78 bits per heavy atom. The van der Waals surface area contributed by atoms with Crippen molar-refractivity contribution >= 4 is 29.3 Å². The Bertz CT molecular complexity index is 1110. The first-order valence-electron chi connectivity index (χ1n) is 9.43. The molecule has 32 heavy (non-hydrogen) atoms. The molecule has 0 atom stereocenters. The third kappa shape index (κ3) is 5.70. The topological polar surface area (TPSA) is 81.4 Å². The zero-order valence-electron chi connectivity index (χ0n) is 17.2. The molecular weight excluding hydrogens is 445 g/mol. The summed E-state index contributed by atoms with van der Waals surface area (Å²) in [6.07, 6.45) is -4.63. The first-order chi connectivity index (χ1) is 15.2.